The molecular formula is C13H27NO3. The summed E-state index contributed by atoms with van der Waals surface area (Å²) in [6, 6.07) is 0. The van der Waals surface area contributed by atoms with Crippen LogP contribution in [-0.2, 0) is 9.47 Å². The van der Waals surface area contributed by atoms with Crippen LogP contribution in [0.2, 0.25) is 0 Å². The molecule has 0 aliphatic carbocycles. The minimum absolute atomic E-state index is 0.269. The van der Waals surface area contributed by atoms with Gasteiger partial charge in [0.1, 0.15) is 0 Å². The van der Waals surface area contributed by atoms with E-state index in [1.54, 1.807) is 0 Å². The van der Waals surface area contributed by atoms with Crippen molar-refractivity contribution in [2.45, 2.75) is 45.3 Å². The molecule has 2 unspecified atom stereocenters. The van der Waals surface area contributed by atoms with Crippen LogP contribution in [-0.4, -0.2) is 61.7 Å². The molecule has 1 aliphatic heterocycles. The number of hydrogen-bond acceptors (Lipinski definition) is 4. The smallest absolute Gasteiger partial charge is 0.0900 e. The van der Waals surface area contributed by atoms with E-state index in [0.29, 0.717) is 13.2 Å². The second-order valence-corrected chi connectivity index (χ2v) is 4.88. The first-order valence-electron chi connectivity index (χ1n) is 6.82. The fourth-order valence-corrected chi connectivity index (χ4v) is 2.06. The molecule has 102 valence electrons. The van der Waals surface area contributed by atoms with Gasteiger partial charge in [-0.25, -0.2) is 0 Å². The maximum atomic E-state index is 9.87. The molecule has 0 amide bonds. The zero-order valence-corrected chi connectivity index (χ0v) is 11.2. The lowest BCUT2D eigenvalue weighted by Crippen LogP contribution is -2.38. The van der Waals surface area contributed by atoms with Crippen LogP contribution in [0.4, 0.5) is 0 Å². The molecule has 1 aliphatic rings. The lowest BCUT2D eigenvalue weighted by Gasteiger charge is -2.24. The average Bonchev–Trinajstić information content (AvgIpc) is 2.49. The molecule has 4 heteroatoms. The number of aliphatic hydroxyl groups excluding tert-OH is 1. The van der Waals surface area contributed by atoms with Gasteiger partial charge in [0.05, 0.1) is 18.8 Å². The summed E-state index contributed by atoms with van der Waals surface area (Å²) in [4.78, 5) is 2.27. The van der Waals surface area contributed by atoms with E-state index in [0.717, 1.165) is 45.6 Å². The van der Waals surface area contributed by atoms with Crippen molar-refractivity contribution in [2.75, 3.05) is 39.5 Å². The summed E-state index contributed by atoms with van der Waals surface area (Å²) in [6.45, 7) is 8.88. The highest BCUT2D eigenvalue weighted by atomic mass is 16.5. The Labute approximate surface area is 105 Å². The molecule has 4 nitrogen and oxygen atoms in total. The molecule has 2 atom stereocenters. The molecule has 1 saturated heterocycles. The molecule has 1 fully saturated rings. The first-order chi connectivity index (χ1) is 8.22. The Morgan fingerprint density at radius 3 is 3.12 bits per heavy atom. The van der Waals surface area contributed by atoms with Gasteiger partial charge < -0.3 is 14.6 Å². The number of unbranched alkanes of at least 4 members (excludes halogenated alkanes) is 1. The summed E-state index contributed by atoms with van der Waals surface area (Å²) >= 11 is 0. The van der Waals surface area contributed by atoms with E-state index in [1.165, 1.54) is 0 Å². The molecule has 0 spiro atoms. The van der Waals surface area contributed by atoms with Gasteiger partial charge in [0, 0.05) is 32.8 Å². The van der Waals surface area contributed by atoms with E-state index in [2.05, 4.69) is 18.7 Å². The van der Waals surface area contributed by atoms with Crippen molar-refractivity contribution in [2.24, 2.45) is 0 Å². The number of rotatable bonds is 7. The molecule has 1 N–H and O–H groups in total. The molecule has 0 aromatic heterocycles. The summed E-state index contributed by atoms with van der Waals surface area (Å²) in [5.74, 6) is 0. The van der Waals surface area contributed by atoms with Crippen LogP contribution in [0, 0.1) is 0 Å². The fraction of sp³-hybridized carbons (Fsp3) is 1.00. The molecule has 1 heterocycles. The maximum Gasteiger partial charge on any atom is 0.0900 e. The molecule has 1 rings (SSSR count). The largest absolute Gasteiger partial charge is 0.389 e. The Hall–Kier alpha value is -0.160. The average molecular weight is 245 g/mol. The normalized spacial score (nSPS) is 24.5. The van der Waals surface area contributed by atoms with Crippen LogP contribution in [0.15, 0.2) is 0 Å². The van der Waals surface area contributed by atoms with Crippen LogP contribution < -0.4 is 0 Å². The van der Waals surface area contributed by atoms with Gasteiger partial charge in [-0.05, 0) is 19.8 Å². The number of nitrogens with zero attached hydrogens (tertiary/aromatic N) is 1. The van der Waals surface area contributed by atoms with E-state index in [1.807, 2.05) is 0 Å². The topological polar surface area (TPSA) is 41.9 Å². The minimum Gasteiger partial charge on any atom is -0.389 e. The highest BCUT2D eigenvalue weighted by Crippen LogP contribution is 2.06. The Kier molecular flexibility index (Phi) is 7.77. The minimum atomic E-state index is -0.378. The Morgan fingerprint density at radius 2 is 2.35 bits per heavy atom. The zero-order chi connectivity index (χ0) is 12.5. The quantitative estimate of drug-likeness (QED) is 0.686. The van der Waals surface area contributed by atoms with E-state index in [4.69, 9.17) is 9.47 Å². The monoisotopic (exact) mass is 245 g/mol. The van der Waals surface area contributed by atoms with Crippen LogP contribution in [0.25, 0.3) is 0 Å². The summed E-state index contributed by atoms with van der Waals surface area (Å²) in [5, 5.41) is 9.87. The highest BCUT2D eigenvalue weighted by Gasteiger charge is 2.17. The molecule has 0 bridgehead atoms. The maximum absolute atomic E-state index is 9.87. The predicted molar refractivity (Wildman–Crippen MR) is 68.2 cm³/mol. The van der Waals surface area contributed by atoms with Crippen molar-refractivity contribution in [1.29, 1.82) is 0 Å². The summed E-state index contributed by atoms with van der Waals surface area (Å²) in [6.07, 6.45) is 3.15. The van der Waals surface area contributed by atoms with Crippen LogP contribution in [0.3, 0.4) is 0 Å². The molecule has 0 aromatic rings. The number of ether oxygens (including phenoxy) is 2. The van der Waals surface area contributed by atoms with Crippen LogP contribution >= 0.6 is 0 Å². The van der Waals surface area contributed by atoms with Crippen molar-refractivity contribution in [3.8, 4) is 0 Å². The molecule has 0 saturated carbocycles. The van der Waals surface area contributed by atoms with Crippen LogP contribution in [0.1, 0.15) is 33.1 Å². The van der Waals surface area contributed by atoms with Crippen molar-refractivity contribution < 1.29 is 14.6 Å². The van der Waals surface area contributed by atoms with Crippen molar-refractivity contribution >= 4 is 0 Å². The fourth-order valence-electron chi connectivity index (χ4n) is 2.06. The van der Waals surface area contributed by atoms with Gasteiger partial charge in [-0.1, -0.05) is 13.3 Å². The Balaban J connectivity index is 2.13. The van der Waals surface area contributed by atoms with Gasteiger partial charge in [-0.2, -0.15) is 0 Å². The zero-order valence-electron chi connectivity index (χ0n) is 11.2. The third-order valence-electron chi connectivity index (χ3n) is 2.96. The van der Waals surface area contributed by atoms with E-state index in [9.17, 15) is 5.11 Å². The van der Waals surface area contributed by atoms with Crippen LogP contribution in [0.5, 0.6) is 0 Å². The van der Waals surface area contributed by atoms with Gasteiger partial charge >= 0.3 is 0 Å². The van der Waals surface area contributed by atoms with Gasteiger partial charge in [-0.3, -0.25) is 4.90 Å². The second kappa shape index (κ2) is 8.86. The third kappa shape index (κ3) is 6.99. The lowest BCUT2D eigenvalue weighted by atomic mass is 10.3. The number of hydrogen-bond donors (Lipinski definition) is 1. The van der Waals surface area contributed by atoms with Crippen molar-refractivity contribution in [1.82, 2.24) is 4.90 Å². The van der Waals surface area contributed by atoms with Crippen molar-refractivity contribution in [3.05, 3.63) is 0 Å². The first-order valence-corrected chi connectivity index (χ1v) is 6.82. The summed E-state index contributed by atoms with van der Waals surface area (Å²) in [5.41, 5.74) is 0. The Morgan fingerprint density at radius 1 is 1.53 bits per heavy atom. The molecule has 17 heavy (non-hydrogen) atoms. The molecular weight excluding hydrogens is 218 g/mol. The highest BCUT2D eigenvalue weighted by molar-refractivity contribution is 4.70. The first kappa shape index (κ1) is 14.9. The van der Waals surface area contributed by atoms with E-state index < -0.39 is 0 Å². The number of β-amino-alcohol motifs (C(OH)–C–C–N with tert-alkyl or cyclic N) is 1. The molecule has 0 aromatic carbocycles. The van der Waals surface area contributed by atoms with Gasteiger partial charge in [0.25, 0.3) is 0 Å². The van der Waals surface area contributed by atoms with E-state index >= 15 is 0 Å². The Bertz CT molecular complexity index is 190. The van der Waals surface area contributed by atoms with Gasteiger partial charge in [0.2, 0.25) is 0 Å². The van der Waals surface area contributed by atoms with Crippen molar-refractivity contribution in [3.63, 3.8) is 0 Å². The lowest BCUT2D eigenvalue weighted by molar-refractivity contribution is 0.00984. The predicted octanol–water partition coefficient (Wildman–Crippen LogP) is 1.27. The van der Waals surface area contributed by atoms with E-state index in [-0.39, 0.29) is 12.2 Å². The summed E-state index contributed by atoms with van der Waals surface area (Å²) < 4.78 is 11.0. The van der Waals surface area contributed by atoms with Gasteiger partial charge in [-0.15, -0.1) is 0 Å². The summed E-state index contributed by atoms with van der Waals surface area (Å²) in [7, 11) is 0. The molecule has 0 radical (unpaired) electrons. The standard InChI is InChI=1S/C13H27NO3/c1-3-4-7-16-11-13(15)10-14-6-5-8-17-12(2)9-14/h12-13,15H,3-11H2,1-2H3. The second-order valence-electron chi connectivity index (χ2n) is 4.88. The number of aliphatic hydroxyl groups is 1. The third-order valence-corrected chi connectivity index (χ3v) is 2.96. The van der Waals surface area contributed by atoms with Gasteiger partial charge in [0.15, 0.2) is 0 Å². The SMILES string of the molecule is CCCCOCC(O)CN1CCCOC(C)C1.